The van der Waals surface area contributed by atoms with Crippen LogP contribution in [0.1, 0.15) is 43.7 Å². The predicted molar refractivity (Wildman–Crippen MR) is 160 cm³/mol. The number of carbonyl (C=O) groups is 1. The van der Waals surface area contributed by atoms with Gasteiger partial charge in [0.1, 0.15) is 6.61 Å². The molecule has 15 nitrogen and oxygen atoms in total. The van der Waals surface area contributed by atoms with Crippen LogP contribution in [0.2, 0.25) is 0 Å². The molecule has 9 atom stereocenters. The minimum atomic E-state index is -1.51. The first-order valence-electron chi connectivity index (χ1n) is 14.6. The molecule has 1 amide bonds. The Morgan fingerprint density at radius 3 is 2.11 bits per heavy atom. The number of hydrogen-bond donors (Lipinski definition) is 2. The van der Waals surface area contributed by atoms with Gasteiger partial charge in [-0.05, 0) is 53.4 Å². The lowest BCUT2D eigenvalue weighted by atomic mass is 9.72. The summed E-state index contributed by atoms with van der Waals surface area (Å²) in [6, 6.07) is 15.7. The van der Waals surface area contributed by atoms with Gasteiger partial charge >= 0.3 is 6.09 Å². The second-order valence-corrected chi connectivity index (χ2v) is 11.0. The van der Waals surface area contributed by atoms with E-state index in [1.165, 1.54) is 0 Å². The molecular formula is C29H36N10O5. The lowest BCUT2D eigenvalue weighted by Crippen LogP contribution is -2.60. The van der Waals surface area contributed by atoms with E-state index in [1.807, 2.05) is 67.6 Å². The summed E-state index contributed by atoms with van der Waals surface area (Å²) in [5.74, 6) is -0.977. The first-order chi connectivity index (χ1) is 21.4. The zero-order chi connectivity index (χ0) is 31.5. The Morgan fingerprint density at radius 1 is 0.909 bits per heavy atom. The molecule has 2 N–H and O–H groups in total. The van der Waals surface area contributed by atoms with E-state index in [4.69, 9.17) is 15.0 Å². The Kier molecular flexibility index (Phi) is 11.7. The van der Waals surface area contributed by atoms with Crippen molar-refractivity contribution in [2.45, 2.75) is 94.3 Å². The van der Waals surface area contributed by atoms with Gasteiger partial charge in [0, 0.05) is 33.2 Å². The molecule has 4 unspecified atom stereocenters. The molecule has 44 heavy (non-hydrogen) atoms. The fourth-order valence-electron chi connectivity index (χ4n) is 6.28. The Morgan fingerprint density at radius 2 is 1.50 bits per heavy atom. The van der Waals surface area contributed by atoms with Crippen molar-refractivity contribution in [1.29, 1.82) is 0 Å². The fourth-order valence-corrected chi connectivity index (χ4v) is 6.28. The zero-order valence-electron chi connectivity index (χ0n) is 24.3. The highest BCUT2D eigenvalue weighted by molar-refractivity contribution is 5.68. The maximum absolute atomic E-state index is 13.7. The first kappa shape index (κ1) is 32.4. The number of azide groups is 3. The van der Waals surface area contributed by atoms with Crippen molar-refractivity contribution in [3.8, 4) is 0 Å². The molecule has 4 rings (SSSR count). The molecule has 1 saturated carbocycles. The lowest BCUT2D eigenvalue weighted by molar-refractivity contribution is -0.165. The van der Waals surface area contributed by atoms with E-state index < -0.39 is 60.6 Å². The maximum Gasteiger partial charge on any atom is 0.410 e. The van der Waals surface area contributed by atoms with Gasteiger partial charge in [0.25, 0.3) is 0 Å². The first-order valence-corrected chi connectivity index (χ1v) is 14.6. The summed E-state index contributed by atoms with van der Waals surface area (Å²) in [6.45, 7) is 2.26. The van der Waals surface area contributed by atoms with Gasteiger partial charge in [0.05, 0.1) is 42.5 Å². The van der Waals surface area contributed by atoms with E-state index in [1.54, 1.807) is 4.90 Å². The van der Waals surface area contributed by atoms with Gasteiger partial charge in [0.2, 0.25) is 0 Å². The summed E-state index contributed by atoms with van der Waals surface area (Å²) >= 11 is 0. The maximum atomic E-state index is 13.7. The van der Waals surface area contributed by atoms with E-state index in [9.17, 15) is 26.1 Å². The highest BCUT2D eigenvalue weighted by Gasteiger charge is 2.51. The van der Waals surface area contributed by atoms with E-state index >= 15 is 0 Å². The topological polar surface area (TPSA) is 226 Å². The van der Waals surface area contributed by atoms with Gasteiger partial charge in [-0.15, -0.1) is 0 Å². The number of rotatable bonds is 11. The molecule has 1 heterocycles. The average molecular weight is 605 g/mol. The van der Waals surface area contributed by atoms with Crippen molar-refractivity contribution in [2.24, 2.45) is 21.3 Å². The second-order valence-electron chi connectivity index (χ2n) is 11.0. The molecule has 15 heteroatoms. The molecule has 0 spiro atoms. The summed E-state index contributed by atoms with van der Waals surface area (Å²) < 4.78 is 12.3. The molecular weight excluding hydrogens is 568 g/mol. The Hall–Kier alpha value is -4.48. The minimum Gasteiger partial charge on any atom is -0.445 e. The fraction of sp³-hybridized carbons (Fsp3) is 0.552. The van der Waals surface area contributed by atoms with Crippen molar-refractivity contribution in [2.75, 3.05) is 0 Å². The number of nitrogens with zero attached hydrogens (tertiary/aromatic N) is 10. The van der Waals surface area contributed by atoms with Crippen LogP contribution in [0, 0.1) is 5.92 Å². The van der Waals surface area contributed by atoms with Crippen LogP contribution in [0.25, 0.3) is 31.3 Å². The van der Waals surface area contributed by atoms with Crippen LogP contribution in [0.3, 0.4) is 0 Å². The third kappa shape index (κ3) is 7.72. The minimum absolute atomic E-state index is 0.0340. The molecule has 2 fully saturated rings. The summed E-state index contributed by atoms with van der Waals surface area (Å²) in [6.07, 6.45) is -3.80. The molecule has 1 aliphatic carbocycles. The van der Waals surface area contributed by atoms with E-state index in [2.05, 4.69) is 30.1 Å². The molecule has 2 aromatic carbocycles. The molecule has 2 aliphatic rings. The van der Waals surface area contributed by atoms with Gasteiger partial charge in [0.15, 0.2) is 0 Å². The molecule has 0 bridgehead atoms. The highest BCUT2D eigenvalue weighted by atomic mass is 16.6. The van der Waals surface area contributed by atoms with Crippen LogP contribution >= 0.6 is 0 Å². The zero-order valence-corrected chi connectivity index (χ0v) is 24.3. The van der Waals surface area contributed by atoms with Crippen LogP contribution in [-0.4, -0.2) is 69.8 Å². The number of aliphatic hydroxyl groups is 2. The molecule has 2 aromatic rings. The van der Waals surface area contributed by atoms with Gasteiger partial charge in [-0.3, -0.25) is 4.90 Å². The third-order valence-corrected chi connectivity index (χ3v) is 8.39. The van der Waals surface area contributed by atoms with Crippen LogP contribution in [0.15, 0.2) is 76.0 Å². The van der Waals surface area contributed by atoms with E-state index in [-0.39, 0.29) is 19.6 Å². The largest absolute Gasteiger partial charge is 0.445 e. The van der Waals surface area contributed by atoms with Crippen molar-refractivity contribution in [3.63, 3.8) is 0 Å². The smallest absolute Gasteiger partial charge is 0.410 e. The standard InChI is InChI=1S/C29H36N10O5/c1-2-23(39(16-18-9-5-3-6-10-18)29(42)43-17-19-11-7-4-8-12-19)24-14-13-20(33-36-30)28(44-24)25-21(34-37-31)15-22(35-38-32)26(40)27(25)41/h3-12,20-28,40-41H,2,13-17H2,1H3/t20?,21?,22?,23-,24+,25?,26+,27+,28+/m1/s1. The molecule has 0 radical (unpaired) electrons. The number of hydrogen-bond acceptors (Lipinski definition) is 8. The quantitative estimate of drug-likeness (QED) is 0.180. The molecule has 0 aromatic heterocycles. The van der Waals surface area contributed by atoms with Gasteiger partial charge in [-0.1, -0.05) is 82.9 Å². The van der Waals surface area contributed by atoms with Crippen molar-refractivity contribution >= 4 is 6.09 Å². The van der Waals surface area contributed by atoms with Gasteiger partial charge < -0.3 is 19.7 Å². The Balaban J connectivity index is 1.64. The normalized spacial score (nSPS) is 28.7. The third-order valence-electron chi connectivity index (χ3n) is 8.39. The van der Waals surface area contributed by atoms with Gasteiger partial charge in [-0.25, -0.2) is 4.79 Å². The predicted octanol–water partition coefficient (Wildman–Crippen LogP) is 5.93. The van der Waals surface area contributed by atoms with Crippen LogP contribution in [0.5, 0.6) is 0 Å². The highest BCUT2D eigenvalue weighted by Crippen LogP contribution is 2.40. The monoisotopic (exact) mass is 604 g/mol. The second kappa shape index (κ2) is 15.8. The SMILES string of the molecule is CC[C@H]([C@@H]1CCC(N=[N+]=[N-])[C@@H](C2C(N=[N+]=[N-])CC(N=[N+]=[N-])[C@H](O)[C@H]2O)O1)N(Cc1ccccc1)C(=O)OCc1ccccc1. The Labute approximate surface area is 254 Å². The molecule has 1 aliphatic heterocycles. The molecule has 232 valence electrons. The summed E-state index contributed by atoms with van der Waals surface area (Å²) in [5.41, 5.74) is 29.3. The number of aliphatic hydroxyl groups excluding tert-OH is 2. The lowest BCUT2D eigenvalue weighted by Gasteiger charge is -2.49. The van der Waals surface area contributed by atoms with E-state index in [0.717, 1.165) is 11.1 Å². The van der Waals surface area contributed by atoms with Crippen molar-refractivity contribution < 1.29 is 24.5 Å². The summed E-state index contributed by atoms with van der Waals surface area (Å²) in [4.78, 5) is 23.9. The molecule has 1 saturated heterocycles. The van der Waals surface area contributed by atoms with Gasteiger partial charge in [-0.2, -0.15) is 0 Å². The summed E-state index contributed by atoms with van der Waals surface area (Å²) in [5, 5.41) is 33.3. The number of amides is 1. The van der Waals surface area contributed by atoms with Crippen LogP contribution in [0.4, 0.5) is 4.79 Å². The van der Waals surface area contributed by atoms with Crippen molar-refractivity contribution in [1.82, 2.24) is 4.90 Å². The summed E-state index contributed by atoms with van der Waals surface area (Å²) in [7, 11) is 0. The number of ether oxygens (including phenoxy) is 2. The number of carbonyl (C=O) groups excluding carboxylic acids is 1. The number of benzene rings is 2. The van der Waals surface area contributed by atoms with Crippen molar-refractivity contribution in [3.05, 3.63) is 103 Å². The average Bonchev–Trinajstić information content (AvgIpc) is 3.04. The van der Waals surface area contributed by atoms with Crippen LogP contribution < -0.4 is 0 Å². The Bertz CT molecular complexity index is 1380. The van der Waals surface area contributed by atoms with Crippen LogP contribution in [-0.2, 0) is 22.6 Å². The van der Waals surface area contributed by atoms with E-state index in [0.29, 0.717) is 19.3 Å².